The van der Waals surface area contributed by atoms with E-state index >= 15 is 0 Å². The molecular weight excluding hydrogens is 356 g/mol. The molecule has 5 unspecified atom stereocenters. The lowest BCUT2D eigenvalue weighted by Gasteiger charge is -2.24. The summed E-state index contributed by atoms with van der Waals surface area (Å²) in [5.41, 5.74) is 0. The van der Waals surface area contributed by atoms with E-state index in [1.165, 1.54) is 17.3 Å². The molecule has 9 heteroatoms. The number of hydrogen-bond donors (Lipinski definition) is 2. The molecular formula is C17H26N4O4S. The van der Waals surface area contributed by atoms with Gasteiger partial charge in [0.2, 0.25) is 5.88 Å². The van der Waals surface area contributed by atoms with Gasteiger partial charge in [0.1, 0.15) is 0 Å². The molecule has 8 nitrogen and oxygen atoms in total. The maximum atomic E-state index is 12.6. The van der Waals surface area contributed by atoms with Crippen LogP contribution in [-0.4, -0.2) is 36.9 Å². The molecule has 2 amide bonds. The predicted molar refractivity (Wildman–Crippen MR) is 94.1 cm³/mol. The lowest BCUT2D eigenvalue weighted by Crippen LogP contribution is -2.47. The fourth-order valence-corrected chi connectivity index (χ4v) is 6.03. The van der Waals surface area contributed by atoms with E-state index in [9.17, 15) is 13.2 Å². The van der Waals surface area contributed by atoms with E-state index in [1.807, 2.05) is 0 Å². The van der Waals surface area contributed by atoms with Gasteiger partial charge >= 0.3 is 6.03 Å². The first kappa shape index (κ1) is 17.6. The molecule has 2 aliphatic carbocycles. The van der Waals surface area contributed by atoms with Crippen LogP contribution in [0.15, 0.2) is 11.1 Å². The summed E-state index contributed by atoms with van der Waals surface area (Å²) in [6.07, 6.45) is 5.41. The molecule has 3 aliphatic rings. The third kappa shape index (κ3) is 3.06. The second-order valence-electron chi connectivity index (χ2n) is 8.06. The number of hydrogen-bond acceptors (Lipinski definition) is 5. The van der Waals surface area contributed by atoms with Gasteiger partial charge in [-0.2, -0.15) is 5.10 Å². The Balaban J connectivity index is 1.45. The monoisotopic (exact) mass is 382 g/mol. The SMILES string of the molecule is CC1CC2CC(C)C(NC(=O)NS(=O)(=O)c3cnn4c3OCCC4)C2C1. The smallest absolute Gasteiger partial charge is 0.328 e. The number of aromatic nitrogens is 2. The number of carbonyl (C=O) groups excluding carboxylic acids is 1. The summed E-state index contributed by atoms with van der Waals surface area (Å²) in [6.45, 7) is 5.43. The van der Waals surface area contributed by atoms with Crippen LogP contribution in [-0.2, 0) is 16.6 Å². The first-order valence-electron chi connectivity index (χ1n) is 9.37. The van der Waals surface area contributed by atoms with Gasteiger partial charge in [0.15, 0.2) is 4.90 Å². The number of urea groups is 1. The van der Waals surface area contributed by atoms with E-state index in [-0.39, 0.29) is 16.8 Å². The minimum atomic E-state index is -4.02. The van der Waals surface area contributed by atoms with Crippen LogP contribution >= 0.6 is 0 Å². The fraction of sp³-hybridized carbons (Fsp3) is 0.765. The van der Waals surface area contributed by atoms with Gasteiger partial charge in [-0.3, -0.25) is 0 Å². The average Bonchev–Trinajstić information content (AvgIpc) is 3.22. The van der Waals surface area contributed by atoms with Crippen molar-refractivity contribution in [1.82, 2.24) is 19.8 Å². The molecule has 26 heavy (non-hydrogen) atoms. The highest BCUT2D eigenvalue weighted by molar-refractivity contribution is 7.90. The number of fused-ring (bicyclic) bond motifs is 2. The highest BCUT2D eigenvalue weighted by Gasteiger charge is 2.46. The quantitative estimate of drug-likeness (QED) is 0.829. The van der Waals surface area contributed by atoms with Gasteiger partial charge in [0, 0.05) is 19.0 Å². The zero-order valence-corrected chi connectivity index (χ0v) is 16.0. The van der Waals surface area contributed by atoms with Crippen molar-refractivity contribution < 1.29 is 17.9 Å². The fourth-order valence-electron chi connectivity index (χ4n) is 5.04. The maximum Gasteiger partial charge on any atom is 0.328 e. The van der Waals surface area contributed by atoms with Gasteiger partial charge in [0.05, 0.1) is 12.8 Å². The highest BCUT2D eigenvalue weighted by atomic mass is 32.2. The normalized spacial score (nSPS) is 33.2. The molecule has 4 rings (SSSR count). The lowest BCUT2D eigenvalue weighted by molar-refractivity contribution is 0.224. The zero-order chi connectivity index (χ0) is 18.5. The number of nitrogens with zero attached hydrogens (tertiary/aromatic N) is 2. The largest absolute Gasteiger partial charge is 0.477 e. The van der Waals surface area contributed by atoms with Gasteiger partial charge in [-0.05, 0) is 42.9 Å². The highest BCUT2D eigenvalue weighted by Crippen LogP contribution is 2.49. The first-order valence-corrected chi connectivity index (χ1v) is 10.9. The Hall–Kier alpha value is -1.77. The Kier molecular flexibility index (Phi) is 4.37. The minimum Gasteiger partial charge on any atom is -0.477 e. The van der Waals surface area contributed by atoms with Crippen LogP contribution in [0, 0.1) is 23.7 Å². The Labute approximate surface area is 153 Å². The Bertz CT molecular complexity index is 806. The number of nitrogens with one attached hydrogen (secondary N) is 2. The zero-order valence-electron chi connectivity index (χ0n) is 15.1. The summed E-state index contributed by atoms with van der Waals surface area (Å²) < 4.78 is 34.3. The molecule has 0 aromatic carbocycles. The molecule has 0 spiro atoms. The summed E-state index contributed by atoms with van der Waals surface area (Å²) >= 11 is 0. The Morgan fingerprint density at radius 2 is 2.12 bits per heavy atom. The number of rotatable bonds is 3. The van der Waals surface area contributed by atoms with Crippen molar-refractivity contribution in [3.63, 3.8) is 0 Å². The van der Waals surface area contributed by atoms with Crippen LogP contribution in [0.1, 0.15) is 39.5 Å². The van der Waals surface area contributed by atoms with Crippen molar-refractivity contribution in [3.05, 3.63) is 6.20 Å². The predicted octanol–water partition coefficient (Wildman–Crippen LogP) is 1.72. The third-order valence-corrected chi connectivity index (χ3v) is 7.37. The lowest BCUT2D eigenvalue weighted by atomic mass is 9.95. The topological polar surface area (TPSA) is 102 Å². The van der Waals surface area contributed by atoms with Crippen LogP contribution in [0.25, 0.3) is 0 Å². The van der Waals surface area contributed by atoms with Crippen molar-refractivity contribution in [3.8, 4) is 5.88 Å². The van der Waals surface area contributed by atoms with Crippen molar-refractivity contribution in [2.75, 3.05) is 6.61 Å². The summed E-state index contributed by atoms with van der Waals surface area (Å²) in [4.78, 5) is 12.3. The van der Waals surface area contributed by atoms with Gasteiger partial charge in [0.25, 0.3) is 10.0 Å². The minimum absolute atomic E-state index is 0.0254. The van der Waals surface area contributed by atoms with Crippen LogP contribution in [0.3, 0.4) is 0 Å². The number of carbonyl (C=O) groups is 1. The third-order valence-electron chi connectivity index (χ3n) is 6.06. The van der Waals surface area contributed by atoms with Crippen LogP contribution in [0.5, 0.6) is 5.88 Å². The Morgan fingerprint density at radius 1 is 1.31 bits per heavy atom. The van der Waals surface area contributed by atoms with Crippen molar-refractivity contribution in [2.45, 2.75) is 57.0 Å². The molecule has 1 aromatic rings. The van der Waals surface area contributed by atoms with E-state index in [0.29, 0.717) is 36.8 Å². The van der Waals surface area contributed by atoms with Crippen LogP contribution in [0.4, 0.5) is 4.79 Å². The maximum absolute atomic E-state index is 12.6. The standard InChI is InChI=1S/C17H26N4O4S/c1-10-6-12-8-11(2)15(13(12)7-10)19-17(22)20-26(23,24)14-9-18-21-4-3-5-25-16(14)21/h9-13,15H,3-8H2,1-2H3,(H2,19,20,22). The first-order chi connectivity index (χ1) is 12.3. The Morgan fingerprint density at radius 3 is 2.92 bits per heavy atom. The van der Waals surface area contributed by atoms with Gasteiger partial charge in [-0.15, -0.1) is 0 Å². The average molecular weight is 382 g/mol. The van der Waals surface area contributed by atoms with E-state index in [0.717, 1.165) is 19.3 Å². The summed E-state index contributed by atoms with van der Waals surface area (Å²) in [5.74, 6) is 2.32. The van der Waals surface area contributed by atoms with Crippen LogP contribution < -0.4 is 14.8 Å². The number of aryl methyl sites for hydroxylation is 1. The van der Waals surface area contributed by atoms with Crippen molar-refractivity contribution >= 4 is 16.1 Å². The van der Waals surface area contributed by atoms with E-state index in [2.05, 4.69) is 29.0 Å². The molecule has 5 atom stereocenters. The van der Waals surface area contributed by atoms with E-state index in [1.54, 1.807) is 0 Å². The van der Waals surface area contributed by atoms with Crippen LogP contribution in [0.2, 0.25) is 0 Å². The molecule has 0 bridgehead atoms. The van der Waals surface area contributed by atoms with Gasteiger partial charge in [-0.25, -0.2) is 22.6 Å². The molecule has 2 fully saturated rings. The van der Waals surface area contributed by atoms with Gasteiger partial charge in [-0.1, -0.05) is 13.8 Å². The van der Waals surface area contributed by atoms with Gasteiger partial charge < -0.3 is 10.1 Å². The summed E-state index contributed by atoms with van der Waals surface area (Å²) in [5, 5.41) is 6.96. The molecule has 2 heterocycles. The number of ether oxygens (including phenoxy) is 1. The van der Waals surface area contributed by atoms with E-state index < -0.39 is 16.1 Å². The summed E-state index contributed by atoms with van der Waals surface area (Å²) in [6, 6.07) is -0.643. The molecule has 144 valence electrons. The summed E-state index contributed by atoms with van der Waals surface area (Å²) in [7, 11) is -4.02. The molecule has 1 aromatic heterocycles. The van der Waals surface area contributed by atoms with Crippen molar-refractivity contribution in [2.24, 2.45) is 23.7 Å². The molecule has 2 N–H and O–H groups in total. The number of amides is 2. The molecule has 2 saturated carbocycles. The second-order valence-corrected chi connectivity index (χ2v) is 9.71. The number of sulfonamides is 1. The molecule has 0 radical (unpaired) electrons. The van der Waals surface area contributed by atoms with E-state index in [4.69, 9.17) is 4.74 Å². The molecule has 0 saturated heterocycles. The molecule has 1 aliphatic heterocycles. The second kappa shape index (κ2) is 6.44. The van der Waals surface area contributed by atoms with Crippen molar-refractivity contribution in [1.29, 1.82) is 0 Å².